The van der Waals surface area contributed by atoms with E-state index in [0.717, 1.165) is 19.3 Å². The summed E-state index contributed by atoms with van der Waals surface area (Å²) in [6.45, 7) is 0. The third-order valence-electron chi connectivity index (χ3n) is 4.58. The van der Waals surface area contributed by atoms with Crippen LogP contribution in [0.4, 0.5) is 0 Å². The molecule has 0 heterocycles. The molecule has 2 unspecified atom stereocenters. The van der Waals surface area contributed by atoms with Gasteiger partial charge >= 0.3 is 5.97 Å². The summed E-state index contributed by atoms with van der Waals surface area (Å²) in [4.78, 5) is 21.7. The largest absolute Gasteiger partial charge is 0.481 e. The SMILES string of the molecule is O=C(O)C(CP(=O)(O)CCC1CCCCC1)c1ccccc1. The minimum Gasteiger partial charge on any atom is -0.481 e. The molecule has 1 saturated carbocycles. The zero-order valence-electron chi connectivity index (χ0n) is 12.9. The summed E-state index contributed by atoms with van der Waals surface area (Å²) in [5, 5.41) is 9.37. The Labute approximate surface area is 132 Å². The van der Waals surface area contributed by atoms with Gasteiger partial charge in [0.1, 0.15) is 0 Å². The number of hydrogen-bond donors (Lipinski definition) is 2. The normalized spacial score (nSPS) is 20.2. The summed E-state index contributed by atoms with van der Waals surface area (Å²) in [6, 6.07) is 8.75. The molecule has 0 amide bonds. The number of carbonyl (C=O) groups is 1. The molecule has 0 aliphatic heterocycles. The minimum atomic E-state index is -3.42. The first kappa shape index (κ1) is 17.2. The number of aliphatic carboxylic acids is 1. The van der Waals surface area contributed by atoms with Crippen molar-refractivity contribution < 1.29 is 19.4 Å². The molecule has 122 valence electrons. The van der Waals surface area contributed by atoms with Crippen molar-refractivity contribution in [2.45, 2.75) is 44.4 Å². The van der Waals surface area contributed by atoms with E-state index in [-0.39, 0.29) is 12.3 Å². The number of hydrogen-bond acceptors (Lipinski definition) is 2. The van der Waals surface area contributed by atoms with E-state index in [1.54, 1.807) is 24.3 Å². The van der Waals surface area contributed by atoms with E-state index < -0.39 is 19.3 Å². The van der Waals surface area contributed by atoms with Gasteiger partial charge in [0.25, 0.3) is 0 Å². The highest BCUT2D eigenvalue weighted by Gasteiger charge is 2.30. The van der Waals surface area contributed by atoms with E-state index in [4.69, 9.17) is 0 Å². The zero-order valence-corrected chi connectivity index (χ0v) is 13.8. The molecule has 4 nitrogen and oxygen atoms in total. The van der Waals surface area contributed by atoms with Crippen LogP contribution in [0.25, 0.3) is 0 Å². The molecule has 1 aromatic carbocycles. The maximum Gasteiger partial charge on any atom is 0.311 e. The van der Waals surface area contributed by atoms with Gasteiger partial charge in [-0.2, -0.15) is 0 Å². The quantitative estimate of drug-likeness (QED) is 0.741. The summed E-state index contributed by atoms with van der Waals surface area (Å²) in [6.07, 6.45) is 6.79. The maximum atomic E-state index is 12.4. The van der Waals surface area contributed by atoms with Crippen molar-refractivity contribution in [1.29, 1.82) is 0 Å². The predicted octanol–water partition coefficient (Wildman–Crippen LogP) is 4.10. The Hall–Kier alpha value is -1.12. The predicted molar refractivity (Wildman–Crippen MR) is 87.6 cm³/mol. The van der Waals surface area contributed by atoms with Crippen LogP contribution >= 0.6 is 7.37 Å². The number of carboxylic acid groups (broad SMARTS) is 1. The van der Waals surface area contributed by atoms with Crippen LogP contribution in [0.15, 0.2) is 30.3 Å². The van der Waals surface area contributed by atoms with E-state index in [1.807, 2.05) is 6.07 Å². The van der Waals surface area contributed by atoms with Gasteiger partial charge in [-0.05, 0) is 17.9 Å². The van der Waals surface area contributed by atoms with Gasteiger partial charge in [-0.25, -0.2) is 0 Å². The monoisotopic (exact) mass is 324 g/mol. The van der Waals surface area contributed by atoms with Gasteiger partial charge < -0.3 is 10.00 Å². The molecule has 1 aliphatic rings. The highest BCUT2D eigenvalue weighted by Crippen LogP contribution is 2.47. The van der Waals surface area contributed by atoms with Crippen LogP contribution in [-0.2, 0) is 9.36 Å². The van der Waals surface area contributed by atoms with Crippen LogP contribution < -0.4 is 0 Å². The van der Waals surface area contributed by atoms with Crippen LogP contribution in [0.2, 0.25) is 0 Å². The third kappa shape index (κ3) is 5.26. The fraction of sp³-hybridized carbons (Fsp3) is 0.588. The molecule has 0 spiro atoms. The van der Waals surface area contributed by atoms with Gasteiger partial charge in [0.2, 0.25) is 7.37 Å². The lowest BCUT2D eigenvalue weighted by Crippen LogP contribution is -2.17. The minimum absolute atomic E-state index is 0.168. The highest BCUT2D eigenvalue weighted by atomic mass is 31.2. The highest BCUT2D eigenvalue weighted by molar-refractivity contribution is 7.58. The van der Waals surface area contributed by atoms with Crippen LogP contribution in [0.1, 0.15) is 50.0 Å². The van der Waals surface area contributed by atoms with Crippen LogP contribution in [-0.4, -0.2) is 28.3 Å². The molecule has 0 saturated heterocycles. The second-order valence-electron chi connectivity index (χ2n) is 6.35. The van der Waals surface area contributed by atoms with E-state index in [0.29, 0.717) is 11.5 Å². The van der Waals surface area contributed by atoms with Gasteiger partial charge in [0, 0.05) is 12.3 Å². The van der Waals surface area contributed by atoms with Gasteiger partial charge in [-0.15, -0.1) is 0 Å². The molecule has 5 heteroatoms. The Bertz CT molecular complexity index is 523. The fourth-order valence-electron chi connectivity index (χ4n) is 3.25. The van der Waals surface area contributed by atoms with E-state index in [9.17, 15) is 19.4 Å². The molecule has 0 radical (unpaired) electrons. The molecule has 2 N–H and O–H groups in total. The molecule has 1 aliphatic carbocycles. The van der Waals surface area contributed by atoms with Crippen molar-refractivity contribution in [2.75, 3.05) is 12.3 Å². The van der Waals surface area contributed by atoms with Crippen molar-refractivity contribution in [3.05, 3.63) is 35.9 Å². The van der Waals surface area contributed by atoms with Gasteiger partial charge in [-0.1, -0.05) is 62.4 Å². The van der Waals surface area contributed by atoms with Gasteiger partial charge in [-0.3, -0.25) is 9.36 Å². The third-order valence-corrected chi connectivity index (χ3v) is 6.47. The summed E-state index contributed by atoms with van der Waals surface area (Å²) in [5.74, 6) is -1.39. The zero-order chi connectivity index (χ0) is 16.0. The lowest BCUT2D eigenvalue weighted by molar-refractivity contribution is -0.138. The van der Waals surface area contributed by atoms with Crippen LogP contribution in [0.5, 0.6) is 0 Å². The lowest BCUT2D eigenvalue weighted by atomic mass is 9.88. The average molecular weight is 324 g/mol. The molecule has 2 atom stereocenters. The Morgan fingerprint density at radius 3 is 2.41 bits per heavy atom. The average Bonchev–Trinajstić information content (AvgIpc) is 2.52. The maximum absolute atomic E-state index is 12.4. The molecular weight excluding hydrogens is 299 g/mol. The summed E-state index contributed by atoms with van der Waals surface area (Å²) in [5.41, 5.74) is 0.599. The molecule has 0 aromatic heterocycles. The number of rotatable bonds is 7. The van der Waals surface area contributed by atoms with Gasteiger partial charge in [0.15, 0.2) is 0 Å². The lowest BCUT2D eigenvalue weighted by Gasteiger charge is -2.23. The van der Waals surface area contributed by atoms with Gasteiger partial charge in [0.05, 0.1) is 5.92 Å². The van der Waals surface area contributed by atoms with Crippen LogP contribution in [0.3, 0.4) is 0 Å². The Morgan fingerprint density at radius 2 is 1.82 bits per heavy atom. The number of benzene rings is 1. The van der Waals surface area contributed by atoms with E-state index in [2.05, 4.69) is 0 Å². The molecular formula is C17H25O4P. The topological polar surface area (TPSA) is 74.6 Å². The second-order valence-corrected chi connectivity index (χ2v) is 8.85. The summed E-state index contributed by atoms with van der Waals surface area (Å²) >= 11 is 0. The van der Waals surface area contributed by atoms with Crippen molar-refractivity contribution in [2.24, 2.45) is 5.92 Å². The van der Waals surface area contributed by atoms with Crippen molar-refractivity contribution in [1.82, 2.24) is 0 Å². The van der Waals surface area contributed by atoms with Crippen molar-refractivity contribution >= 4 is 13.3 Å². The second kappa shape index (κ2) is 7.94. The molecule has 2 rings (SSSR count). The smallest absolute Gasteiger partial charge is 0.311 e. The molecule has 22 heavy (non-hydrogen) atoms. The Kier molecular flexibility index (Phi) is 6.22. The molecule has 1 fully saturated rings. The molecule has 1 aromatic rings. The Balaban J connectivity index is 1.95. The standard InChI is InChI=1S/C17H25O4P/c18-17(19)16(15-9-5-2-6-10-15)13-22(20,21)12-11-14-7-3-1-4-8-14/h2,5-6,9-10,14,16H,1,3-4,7-8,11-13H2,(H,18,19)(H,20,21). The first-order valence-corrected chi connectivity index (χ1v) is 10.1. The van der Waals surface area contributed by atoms with Crippen LogP contribution in [0, 0.1) is 5.92 Å². The Morgan fingerprint density at radius 1 is 1.18 bits per heavy atom. The first-order chi connectivity index (χ1) is 10.5. The van der Waals surface area contributed by atoms with Crippen molar-refractivity contribution in [3.63, 3.8) is 0 Å². The first-order valence-electron chi connectivity index (χ1n) is 8.06. The van der Waals surface area contributed by atoms with E-state index in [1.165, 1.54) is 19.3 Å². The van der Waals surface area contributed by atoms with Crippen molar-refractivity contribution in [3.8, 4) is 0 Å². The summed E-state index contributed by atoms with van der Waals surface area (Å²) < 4.78 is 12.4. The molecule has 0 bridgehead atoms. The number of carboxylic acids is 1. The van der Waals surface area contributed by atoms with E-state index >= 15 is 0 Å². The summed E-state index contributed by atoms with van der Waals surface area (Å²) in [7, 11) is -3.42. The fourth-order valence-corrected chi connectivity index (χ4v) is 5.14.